The van der Waals surface area contributed by atoms with Crippen LogP contribution < -0.4 is 31.7 Å². The van der Waals surface area contributed by atoms with Gasteiger partial charge in [-0.25, -0.2) is 16.8 Å². The average molecular weight is 493 g/mol. The number of aliphatic carboxylic acids is 2. The molecule has 0 radical (unpaired) electrons. The van der Waals surface area contributed by atoms with Crippen LogP contribution in [0.5, 0.6) is 0 Å². The summed E-state index contributed by atoms with van der Waals surface area (Å²) in [7, 11) is -8.85. The molecule has 2 aliphatic heterocycles. The van der Waals surface area contributed by atoms with Crippen molar-refractivity contribution in [1.29, 1.82) is 0 Å². The molecule has 0 aromatic heterocycles. The molecule has 0 fully saturated rings. The monoisotopic (exact) mass is 492 g/mol. The Labute approximate surface area is 177 Å². The quantitative estimate of drug-likeness (QED) is 0.271. The third-order valence-electron chi connectivity index (χ3n) is 2.79. The molecule has 0 saturated heterocycles. The second-order valence-electron chi connectivity index (χ2n) is 5.62. The molecule has 2 rings (SSSR count). The summed E-state index contributed by atoms with van der Waals surface area (Å²) < 4.78 is 43.3. The van der Waals surface area contributed by atoms with Crippen LogP contribution in [0.2, 0.25) is 0 Å². The van der Waals surface area contributed by atoms with Gasteiger partial charge in [-0.1, -0.05) is 0 Å². The first-order valence-corrected chi connectivity index (χ1v) is 13.7. The molecule has 0 aromatic carbocycles. The van der Waals surface area contributed by atoms with Gasteiger partial charge in [0.05, 0.1) is 36.5 Å². The Kier molecular flexibility index (Phi) is 12.9. The molecule has 2 aliphatic rings. The number of amidine groups is 2. The first-order valence-electron chi connectivity index (χ1n) is 8.12. The standard InChI is InChI=1S/C5H8O8S2.2C4H8N2S/c6-4(7)1-14(10,11)3-15(12,13)2-5(8)9;2*5-4-6-2-1-3-7-4/h1-3H2,(H,6,7)(H,8,9);2*1-3H2,(H2,5,6). The van der Waals surface area contributed by atoms with Gasteiger partial charge in [0.15, 0.2) is 24.8 Å². The molecule has 2 heterocycles. The van der Waals surface area contributed by atoms with Crippen molar-refractivity contribution in [2.45, 2.75) is 12.8 Å². The fourth-order valence-corrected chi connectivity index (χ4v) is 6.75. The maximum atomic E-state index is 10.8. The topological polar surface area (TPSA) is 229 Å². The van der Waals surface area contributed by atoms with E-state index < -0.39 is 48.2 Å². The van der Waals surface area contributed by atoms with E-state index in [0.29, 0.717) is 0 Å². The van der Waals surface area contributed by atoms with Gasteiger partial charge in [0.1, 0.15) is 0 Å². The summed E-state index contributed by atoms with van der Waals surface area (Å²) in [5, 5.41) is 20.0. The fourth-order valence-electron chi connectivity index (χ4n) is 1.75. The summed E-state index contributed by atoms with van der Waals surface area (Å²) >= 11 is 3.40. The number of hydrogen-bond acceptors (Lipinski definition) is 12. The molecule has 0 spiro atoms. The Morgan fingerprint density at radius 3 is 1.34 bits per heavy atom. The normalized spacial score (nSPS) is 16.7. The van der Waals surface area contributed by atoms with Gasteiger partial charge in [0.25, 0.3) is 0 Å². The first-order chi connectivity index (χ1) is 13.3. The van der Waals surface area contributed by atoms with Crippen molar-refractivity contribution < 1.29 is 46.6 Å². The summed E-state index contributed by atoms with van der Waals surface area (Å²) in [5.74, 6) is -4.51. The number of carbonyl (C=O) groups excluding carboxylic acids is 2. The number of carboxylic acid groups (broad SMARTS) is 2. The Balaban J connectivity index is 0.000000458. The molecule has 0 atom stereocenters. The largest absolute Gasteiger partial charge is 0.549 e. The summed E-state index contributed by atoms with van der Waals surface area (Å²) in [5.41, 5.74) is 10.8. The van der Waals surface area contributed by atoms with Crippen LogP contribution in [0, 0.1) is 0 Å². The number of nitrogens with two attached hydrogens (primary N) is 2. The number of rotatable bonds is 6. The first kappa shape index (κ1) is 27.5. The molecule has 12 nitrogen and oxygen atoms in total. The van der Waals surface area contributed by atoms with Crippen molar-refractivity contribution in [3.63, 3.8) is 0 Å². The summed E-state index contributed by atoms with van der Waals surface area (Å²) in [4.78, 5) is 25.9. The number of hydrogen-bond donors (Lipinski definition) is 4. The van der Waals surface area contributed by atoms with Crippen LogP contribution in [0.4, 0.5) is 0 Å². The minimum atomic E-state index is -4.43. The van der Waals surface area contributed by atoms with Crippen molar-refractivity contribution in [3.8, 4) is 0 Å². The molecule has 0 bridgehead atoms. The van der Waals surface area contributed by atoms with Gasteiger partial charge in [-0.15, -0.1) is 0 Å². The second-order valence-corrected chi connectivity index (χ2v) is 12.4. The number of carbonyl (C=O) groups is 2. The van der Waals surface area contributed by atoms with Crippen LogP contribution in [0.25, 0.3) is 0 Å². The maximum Gasteiger partial charge on any atom is 0.301 e. The van der Waals surface area contributed by atoms with Crippen LogP contribution >= 0.6 is 23.5 Å². The van der Waals surface area contributed by atoms with Crippen LogP contribution in [0.15, 0.2) is 0 Å². The van der Waals surface area contributed by atoms with E-state index in [1.807, 2.05) is 0 Å². The van der Waals surface area contributed by atoms with E-state index in [4.69, 9.17) is 11.5 Å². The van der Waals surface area contributed by atoms with Gasteiger partial charge in [-0.05, 0) is 36.4 Å². The lowest BCUT2D eigenvalue weighted by Gasteiger charge is -2.06. The zero-order valence-corrected chi connectivity index (χ0v) is 18.7. The summed E-state index contributed by atoms with van der Waals surface area (Å²) in [6, 6.07) is 0. The van der Waals surface area contributed by atoms with Crippen molar-refractivity contribution in [2.24, 2.45) is 11.5 Å². The molecule has 0 aromatic rings. The highest BCUT2D eigenvalue weighted by Gasteiger charge is 2.22. The fraction of sp³-hybridized carbons (Fsp3) is 0.692. The van der Waals surface area contributed by atoms with E-state index in [-0.39, 0.29) is 0 Å². The lowest BCUT2D eigenvalue weighted by Crippen LogP contribution is -2.76. The van der Waals surface area contributed by atoms with Crippen molar-refractivity contribution >= 4 is 65.5 Å². The maximum absolute atomic E-state index is 10.8. The lowest BCUT2D eigenvalue weighted by molar-refractivity contribution is -0.456. The van der Waals surface area contributed by atoms with Gasteiger partial charge in [-0.3, -0.25) is 21.5 Å². The van der Waals surface area contributed by atoms with Crippen molar-refractivity contribution in [2.75, 3.05) is 41.2 Å². The van der Waals surface area contributed by atoms with Crippen LogP contribution in [-0.4, -0.2) is 80.3 Å². The summed E-state index contributed by atoms with van der Waals surface area (Å²) in [6.45, 7) is 2.11. The Bertz CT molecular complexity index is 756. The Morgan fingerprint density at radius 1 is 0.828 bits per heavy atom. The van der Waals surface area contributed by atoms with Crippen molar-refractivity contribution in [3.05, 3.63) is 0 Å². The van der Waals surface area contributed by atoms with Crippen LogP contribution in [-0.2, 0) is 29.3 Å². The molecule has 0 unspecified atom stereocenters. The van der Waals surface area contributed by atoms with Crippen LogP contribution in [0.3, 0.4) is 0 Å². The highest BCUT2D eigenvalue weighted by Crippen LogP contribution is 1.99. The van der Waals surface area contributed by atoms with Gasteiger partial charge in [0, 0.05) is 11.5 Å². The van der Waals surface area contributed by atoms with E-state index in [0.717, 1.165) is 23.4 Å². The minimum Gasteiger partial charge on any atom is -0.549 e. The second kappa shape index (κ2) is 13.7. The zero-order chi connectivity index (χ0) is 22.5. The molecule has 6 N–H and O–H groups in total. The highest BCUT2D eigenvalue weighted by molar-refractivity contribution is 8.13. The third-order valence-corrected chi connectivity index (χ3v) is 8.91. The highest BCUT2D eigenvalue weighted by atomic mass is 32.3. The predicted molar refractivity (Wildman–Crippen MR) is 107 cm³/mol. The Hall–Kier alpha value is -1.52. The molecule has 29 heavy (non-hydrogen) atoms. The molecular formula is C13H24N4O8S4. The molecular weight excluding hydrogens is 468 g/mol. The number of thioether (sulfide) groups is 2. The van der Waals surface area contributed by atoms with E-state index in [9.17, 15) is 36.6 Å². The number of sulfone groups is 2. The molecule has 0 saturated carbocycles. The number of nitrogens with one attached hydrogen (secondary N) is 2. The predicted octanol–water partition coefficient (Wildman–Crippen LogP) is -7.69. The zero-order valence-electron chi connectivity index (χ0n) is 15.4. The minimum absolute atomic E-state index is 0.881. The van der Waals surface area contributed by atoms with Gasteiger partial charge in [0.2, 0.25) is 0 Å². The molecule has 0 aliphatic carbocycles. The molecule has 0 amide bonds. The van der Waals surface area contributed by atoms with E-state index >= 15 is 0 Å². The number of carboxylic acids is 2. The van der Waals surface area contributed by atoms with Crippen LogP contribution in [0.1, 0.15) is 12.8 Å². The Morgan fingerprint density at radius 2 is 1.17 bits per heavy atom. The van der Waals surface area contributed by atoms with Gasteiger partial charge >= 0.3 is 10.3 Å². The van der Waals surface area contributed by atoms with Gasteiger partial charge in [-0.2, -0.15) is 0 Å². The lowest BCUT2D eigenvalue weighted by atomic mass is 10.5. The van der Waals surface area contributed by atoms with E-state index in [1.54, 1.807) is 23.5 Å². The smallest absolute Gasteiger partial charge is 0.301 e. The average Bonchev–Trinajstić information content (AvgIpc) is 2.53. The van der Waals surface area contributed by atoms with E-state index in [2.05, 4.69) is 9.98 Å². The molecule has 168 valence electrons. The summed E-state index contributed by atoms with van der Waals surface area (Å²) in [6.07, 6.45) is 2.48. The van der Waals surface area contributed by atoms with Gasteiger partial charge < -0.3 is 19.8 Å². The third kappa shape index (κ3) is 17.1. The SMILES string of the molecule is NC1=[NH+]CCCS1.NC1=[NH+]CCCS1.O=C([O-])CS(=O)(=O)CS(=O)(=O)CC(=O)[O-]. The van der Waals surface area contributed by atoms with E-state index in [1.165, 1.54) is 24.3 Å². The van der Waals surface area contributed by atoms with Crippen molar-refractivity contribution in [1.82, 2.24) is 0 Å². The molecule has 16 heteroatoms.